The van der Waals surface area contributed by atoms with Gasteiger partial charge in [0.25, 0.3) is 0 Å². The van der Waals surface area contributed by atoms with Crippen molar-refractivity contribution in [3.8, 4) is 22.5 Å². The predicted molar refractivity (Wildman–Crippen MR) is 246 cm³/mol. The molecule has 5 heteroatoms. The molecule has 280 valence electrons. The van der Waals surface area contributed by atoms with E-state index in [-0.39, 0.29) is 12.3 Å². The molecular weight excluding hydrogens is 705 g/mol. The Morgan fingerprint density at radius 2 is 1.24 bits per heavy atom. The van der Waals surface area contributed by atoms with Crippen LogP contribution in [-0.2, 0) is 11.8 Å². The largest absolute Gasteiger partial charge is 0.466 e. The normalized spacial score (nSPS) is 13.4. The molecule has 12 rings (SSSR count). The van der Waals surface area contributed by atoms with Crippen LogP contribution in [0.4, 0.5) is 11.4 Å². The average Bonchev–Trinajstić information content (AvgIpc) is 3.91. The second kappa shape index (κ2) is 12.3. The number of hydrogen-bond donors (Lipinski definition) is 0. The second-order valence-electron chi connectivity index (χ2n) is 17.5. The van der Waals surface area contributed by atoms with Crippen molar-refractivity contribution < 1.29 is 4.42 Å². The minimum absolute atomic E-state index is 0.0233. The van der Waals surface area contributed by atoms with Crippen LogP contribution < -0.4 is 15.9 Å². The van der Waals surface area contributed by atoms with E-state index in [9.17, 15) is 0 Å². The molecule has 4 nitrogen and oxygen atoms in total. The Bertz CT molecular complexity index is 3250. The van der Waals surface area contributed by atoms with Crippen LogP contribution >= 0.6 is 0 Å². The fourth-order valence-electron chi connectivity index (χ4n) is 10.4. The number of anilines is 2. The first-order valence-corrected chi connectivity index (χ1v) is 21.0. The van der Waals surface area contributed by atoms with Crippen LogP contribution in [0.25, 0.3) is 77.1 Å². The summed E-state index contributed by atoms with van der Waals surface area (Å²) in [5.74, 6) is 0. The Morgan fingerprint density at radius 1 is 0.586 bits per heavy atom. The fourth-order valence-corrected chi connectivity index (χ4v) is 10.4. The number of aromatic nitrogens is 2. The van der Waals surface area contributed by atoms with Gasteiger partial charge in [-0.3, -0.25) is 0 Å². The second-order valence-corrected chi connectivity index (χ2v) is 17.5. The molecule has 7 aromatic carbocycles. The van der Waals surface area contributed by atoms with Crippen molar-refractivity contribution in [1.82, 2.24) is 9.13 Å². The van der Waals surface area contributed by atoms with Crippen molar-refractivity contribution in [2.45, 2.75) is 58.8 Å². The van der Waals surface area contributed by atoms with Crippen molar-refractivity contribution in [2.24, 2.45) is 0 Å². The zero-order valence-corrected chi connectivity index (χ0v) is 33.5. The van der Waals surface area contributed by atoms with Gasteiger partial charge in [-0.15, -0.1) is 0 Å². The standard InChI is InChI=1S/C53H44BN3O/c1-5-6-7-16-33-25-28-35(29-26-33)57-45-24-15-10-19-38(45)40-32-46(55-42-21-12-8-17-36(42)37-18-9-13-22-43(37)55)48-39-20-11-14-23-44(39)56-50-41-31-34(53(2,3)4)27-30-47(41)58-52(50)54(57)49(40)51(48)56/h8-15,17-32H,5-7,16H2,1-4H3. The van der Waals surface area contributed by atoms with E-state index in [1.165, 1.54) is 108 Å². The first kappa shape index (κ1) is 33.7. The Hall–Kier alpha value is -6.46. The number of para-hydroxylation sites is 4. The number of aryl methyl sites for hydroxylation is 1. The van der Waals surface area contributed by atoms with Crippen LogP contribution in [0.5, 0.6) is 0 Å². The number of benzene rings is 7. The summed E-state index contributed by atoms with van der Waals surface area (Å²) in [6.45, 7) is 8.99. The van der Waals surface area contributed by atoms with E-state index >= 15 is 0 Å². The van der Waals surface area contributed by atoms with E-state index in [1.807, 2.05) is 0 Å². The molecule has 0 fully saturated rings. The number of rotatable bonds is 6. The summed E-state index contributed by atoms with van der Waals surface area (Å²) in [6, 6.07) is 54.6. The molecule has 3 aromatic heterocycles. The summed E-state index contributed by atoms with van der Waals surface area (Å²) in [5, 5.41) is 6.19. The Kier molecular flexibility index (Phi) is 7.12. The molecule has 0 saturated heterocycles. The molecule has 5 heterocycles. The fraction of sp³-hybridized carbons (Fsp3) is 0.170. The third-order valence-corrected chi connectivity index (χ3v) is 13.1. The first-order valence-electron chi connectivity index (χ1n) is 21.0. The monoisotopic (exact) mass is 749 g/mol. The van der Waals surface area contributed by atoms with Gasteiger partial charge < -0.3 is 18.4 Å². The summed E-state index contributed by atoms with van der Waals surface area (Å²) >= 11 is 0. The van der Waals surface area contributed by atoms with Crippen molar-refractivity contribution in [1.29, 1.82) is 0 Å². The van der Waals surface area contributed by atoms with Crippen molar-refractivity contribution in [3.05, 3.63) is 157 Å². The molecule has 0 unspecified atom stereocenters. The van der Waals surface area contributed by atoms with Crippen LogP contribution in [0.15, 0.2) is 150 Å². The van der Waals surface area contributed by atoms with Crippen molar-refractivity contribution >= 4 is 83.9 Å². The van der Waals surface area contributed by atoms with Gasteiger partial charge in [0, 0.05) is 43.9 Å². The number of nitrogens with zero attached hydrogens (tertiary/aromatic N) is 3. The highest BCUT2D eigenvalue weighted by molar-refractivity contribution is 6.93. The van der Waals surface area contributed by atoms with Gasteiger partial charge in [-0.2, -0.15) is 0 Å². The molecule has 2 aliphatic rings. The third kappa shape index (κ3) is 4.59. The summed E-state index contributed by atoms with van der Waals surface area (Å²) in [4.78, 5) is 2.57. The highest BCUT2D eigenvalue weighted by Gasteiger charge is 2.47. The van der Waals surface area contributed by atoms with Gasteiger partial charge in [0.1, 0.15) is 11.2 Å². The van der Waals surface area contributed by atoms with Gasteiger partial charge in [0.2, 0.25) is 0 Å². The topological polar surface area (TPSA) is 26.2 Å². The van der Waals surface area contributed by atoms with Crippen LogP contribution in [0.1, 0.15) is 58.1 Å². The van der Waals surface area contributed by atoms with Gasteiger partial charge in [-0.05, 0) is 95.0 Å². The summed E-state index contributed by atoms with van der Waals surface area (Å²) in [5.41, 5.74) is 17.9. The Balaban J connectivity index is 1.25. The molecule has 0 spiro atoms. The highest BCUT2D eigenvalue weighted by atomic mass is 16.3. The number of furan rings is 1. The van der Waals surface area contributed by atoms with E-state index < -0.39 is 0 Å². The molecule has 0 aliphatic carbocycles. The van der Waals surface area contributed by atoms with Gasteiger partial charge in [0.15, 0.2) is 0 Å². The average molecular weight is 750 g/mol. The summed E-state index contributed by atoms with van der Waals surface area (Å²) in [6.07, 6.45) is 4.80. The molecule has 0 amide bonds. The molecule has 0 atom stereocenters. The molecule has 0 radical (unpaired) electrons. The third-order valence-electron chi connectivity index (χ3n) is 13.1. The maximum absolute atomic E-state index is 7.26. The molecule has 2 aliphatic heterocycles. The van der Waals surface area contributed by atoms with Gasteiger partial charge in [-0.25, -0.2) is 0 Å². The lowest BCUT2D eigenvalue weighted by atomic mass is 9.46. The Morgan fingerprint density at radius 3 is 1.95 bits per heavy atom. The Labute approximate surface area is 339 Å². The molecule has 0 bridgehead atoms. The quantitative estimate of drug-likeness (QED) is 0.125. The first-order chi connectivity index (χ1) is 28.4. The number of fused-ring (bicyclic) bond motifs is 13. The van der Waals surface area contributed by atoms with E-state index in [0.29, 0.717) is 0 Å². The van der Waals surface area contributed by atoms with Crippen molar-refractivity contribution in [3.63, 3.8) is 0 Å². The highest BCUT2D eigenvalue weighted by Crippen LogP contribution is 2.49. The molecule has 58 heavy (non-hydrogen) atoms. The molecule has 0 N–H and O–H groups in total. The lowest BCUT2D eigenvalue weighted by Gasteiger charge is -2.40. The van der Waals surface area contributed by atoms with Gasteiger partial charge in [-0.1, -0.05) is 132 Å². The van der Waals surface area contributed by atoms with E-state index in [4.69, 9.17) is 4.42 Å². The van der Waals surface area contributed by atoms with Crippen LogP contribution in [0.3, 0.4) is 0 Å². The van der Waals surface area contributed by atoms with Gasteiger partial charge >= 0.3 is 6.85 Å². The summed E-state index contributed by atoms with van der Waals surface area (Å²) in [7, 11) is 0. The lowest BCUT2D eigenvalue weighted by Crippen LogP contribution is -2.60. The minimum atomic E-state index is -0.192. The molecular formula is C53H44BN3O. The van der Waals surface area contributed by atoms with Crippen LogP contribution in [-0.4, -0.2) is 16.0 Å². The SMILES string of the molecule is CCCCCc1ccc(N2B3c4oc5ccc(C(C)(C)C)cc5c4-n4c5ccccc5c5c(-n6c7ccccc7c7ccccc76)cc(c3c54)-c3ccccc32)cc1. The molecule has 0 saturated carbocycles. The maximum atomic E-state index is 7.26. The number of unbranched alkanes of at least 4 members (excludes halogenated alkanes) is 2. The van der Waals surface area contributed by atoms with E-state index in [2.05, 4.69) is 187 Å². The van der Waals surface area contributed by atoms with Crippen molar-refractivity contribution in [2.75, 3.05) is 4.81 Å². The maximum Gasteiger partial charge on any atom is 0.375 e. The van der Waals surface area contributed by atoms with E-state index in [1.54, 1.807) is 0 Å². The smallest absolute Gasteiger partial charge is 0.375 e. The van der Waals surface area contributed by atoms with Crippen LogP contribution in [0, 0.1) is 0 Å². The number of hydrogen-bond acceptors (Lipinski definition) is 2. The zero-order valence-electron chi connectivity index (χ0n) is 33.5. The van der Waals surface area contributed by atoms with Crippen LogP contribution in [0.2, 0.25) is 0 Å². The summed E-state index contributed by atoms with van der Waals surface area (Å²) < 4.78 is 12.4. The molecule has 10 aromatic rings. The minimum Gasteiger partial charge on any atom is -0.466 e. The van der Waals surface area contributed by atoms with Gasteiger partial charge in [0.05, 0.1) is 33.4 Å². The zero-order chi connectivity index (χ0) is 38.9. The lowest BCUT2D eigenvalue weighted by molar-refractivity contribution is 0.590. The van der Waals surface area contributed by atoms with E-state index in [0.717, 1.165) is 28.7 Å². The predicted octanol–water partition coefficient (Wildman–Crippen LogP) is 12.9.